The van der Waals surface area contributed by atoms with Crippen molar-refractivity contribution in [3.63, 3.8) is 0 Å². The van der Waals surface area contributed by atoms with Crippen molar-refractivity contribution in [2.45, 2.75) is 32.9 Å². The summed E-state index contributed by atoms with van der Waals surface area (Å²) in [5.41, 5.74) is 3.77. The molecule has 0 aliphatic heterocycles. The molecule has 0 fully saturated rings. The highest BCUT2D eigenvalue weighted by Crippen LogP contribution is 2.20. The van der Waals surface area contributed by atoms with Gasteiger partial charge in [0.2, 0.25) is 0 Å². The van der Waals surface area contributed by atoms with Gasteiger partial charge in [-0.3, -0.25) is 4.79 Å². The van der Waals surface area contributed by atoms with Gasteiger partial charge >= 0.3 is 12.1 Å². The number of carbonyl (C=O) groups is 2. The number of benzene rings is 2. The molecule has 24 heavy (non-hydrogen) atoms. The van der Waals surface area contributed by atoms with Crippen molar-refractivity contribution < 1.29 is 19.4 Å². The second kappa shape index (κ2) is 8.15. The molecule has 2 aromatic rings. The fourth-order valence-corrected chi connectivity index (χ4v) is 2.32. The van der Waals surface area contributed by atoms with Crippen LogP contribution in [0, 0.1) is 13.8 Å². The lowest BCUT2D eigenvalue weighted by atomic mass is 9.99. The molecule has 0 aliphatic carbocycles. The van der Waals surface area contributed by atoms with Crippen LogP contribution in [0.3, 0.4) is 0 Å². The summed E-state index contributed by atoms with van der Waals surface area (Å²) in [6.45, 7) is 4.07. The minimum Gasteiger partial charge on any atom is -0.481 e. The van der Waals surface area contributed by atoms with Crippen molar-refractivity contribution in [3.8, 4) is 0 Å². The summed E-state index contributed by atoms with van der Waals surface area (Å²) < 4.78 is 5.17. The second-order valence-corrected chi connectivity index (χ2v) is 5.70. The zero-order chi connectivity index (χ0) is 17.5. The second-order valence-electron chi connectivity index (χ2n) is 5.70. The Balaban J connectivity index is 2.03. The molecule has 0 heterocycles. The summed E-state index contributed by atoms with van der Waals surface area (Å²) in [6, 6.07) is 14.3. The molecule has 126 valence electrons. The molecule has 2 aromatic carbocycles. The topological polar surface area (TPSA) is 75.6 Å². The van der Waals surface area contributed by atoms with E-state index in [1.165, 1.54) is 0 Å². The highest BCUT2D eigenvalue weighted by molar-refractivity contribution is 5.72. The third-order valence-corrected chi connectivity index (χ3v) is 3.82. The van der Waals surface area contributed by atoms with Crippen LogP contribution in [0.15, 0.2) is 48.5 Å². The van der Waals surface area contributed by atoms with Gasteiger partial charge in [0.1, 0.15) is 6.61 Å². The molecule has 0 aromatic heterocycles. The van der Waals surface area contributed by atoms with Crippen LogP contribution in [0.25, 0.3) is 0 Å². The Labute approximate surface area is 141 Å². The summed E-state index contributed by atoms with van der Waals surface area (Å²) in [4.78, 5) is 23.1. The van der Waals surface area contributed by atoms with Crippen molar-refractivity contribution in [2.75, 3.05) is 0 Å². The highest BCUT2D eigenvalue weighted by Gasteiger charge is 2.19. The van der Waals surface area contributed by atoms with Gasteiger partial charge in [-0.2, -0.15) is 0 Å². The summed E-state index contributed by atoms with van der Waals surface area (Å²) in [6.07, 6.45) is -0.841. The molecule has 2 N–H and O–H groups in total. The molecule has 5 heteroatoms. The maximum atomic E-state index is 12.0. The van der Waals surface area contributed by atoms with Gasteiger partial charge in [0.15, 0.2) is 0 Å². The molecule has 0 aliphatic rings. The fraction of sp³-hybridized carbons (Fsp3) is 0.263. The van der Waals surface area contributed by atoms with Crippen LogP contribution in [0.4, 0.5) is 4.79 Å². The largest absolute Gasteiger partial charge is 0.481 e. The Morgan fingerprint density at radius 1 is 1.08 bits per heavy atom. The van der Waals surface area contributed by atoms with Crippen molar-refractivity contribution in [3.05, 3.63) is 70.8 Å². The van der Waals surface area contributed by atoms with Gasteiger partial charge in [-0.25, -0.2) is 4.79 Å². The van der Waals surface area contributed by atoms with Gasteiger partial charge in [0.25, 0.3) is 0 Å². The molecule has 0 unspecified atom stereocenters. The summed E-state index contributed by atoms with van der Waals surface area (Å²) in [5, 5.41) is 11.7. The number of hydrogen-bond acceptors (Lipinski definition) is 3. The van der Waals surface area contributed by atoms with Crippen molar-refractivity contribution in [2.24, 2.45) is 0 Å². The first-order chi connectivity index (χ1) is 11.5. The van der Waals surface area contributed by atoms with Crippen LogP contribution in [0.2, 0.25) is 0 Å². The van der Waals surface area contributed by atoms with Gasteiger partial charge in [0, 0.05) is 0 Å². The molecule has 1 amide bonds. The normalized spacial score (nSPS) is 11.6. The lowest BCUT2D eigenvalue weighted by Gasteiger charge is -2.18. The zero-order valence-corrected chi connectivity index (χ0v) is 13.8. The Morgan fingerprint density at radius 2 is 1.79 bits per heavy atom. The van der Waals surface area contributed by atoms with E-state index < -0.39 is 18.1 Å². The number of nitrogens with one attached hydrogen (secondary N) is 1. The quantitative estimate of drug-likeness (QED) is 0.847. The van der Waals surface area contributed by atoms with E-state index >= 15 is 0 Å². The van der Waals surface area contributed by atoms with Crippen molar-refractivity contribution >= 4 is 12.1 Å². The number of carboxylic acid groups (broad SMARTS) is 1. The van der Waals surface area contributed by atoms with Crippen LogP contribution in [-0.4, -0.2) is 17.2 Å². The van der Waals surface area contributed by atoms with Crippen molar-refractivity contribution in [1.29, 1.82) is 0 Å². The van der Waals surface area contributed by atoms with E-state index in [1.807, 2.05) is 62.4 Å². The van der Waals surface area contributed by atoms with E-state index in [0.717, 1.165) is 22.3 Å². The Kier molecular flexibility index (Phi) is 5.95. The highest BCUT2D eigenvalue weighted by atomic mass is 16.5. The Hall–Kier alpha value is -2.82. The lowest BCUT2D eigenvalue weighted by molar-refractivity contribution is -0.137. The van der Waals surface area contributed by atoms with E-state index in [-0.39, 0.29) is 13.0 Å². The number of alkyl carbamates (subject to hydrolysis) is 1. The van der Waals surface area contributed by atoms with Gasteiger partial charge in [0.05, 0.1) is 12.5 Å². The molecule has 0 radical (unpaired) electrons. The average molecular weight is 327 g/mol. The molecular weight excluding hydrogens is 306 g/mol. The standard InChI is InChI=1S/C19H21NO4/c1-13-8-9-16(10-14(13)2)17(11-18(21)22)20-19(23)24-12-15-6-4-3-5-7-15/h3-10,17H,11-12H2,1-2H3,(H,20,23)(H,21,22)/t17-/m1/s1. The molecule has 2 rings (SSSR count). The predicted molar refractivity (Wildman–Crippen MR) is 90.7 cm³/mol. The number of carboxylic acids is 1. The lowest BCUT2D eigenvalue weighted by Crippen LogP contribution is -2.30. The molecule has 0 spiro atoms. The summed E-state index contributed by atoms with van der Waals surface area (Å²) >= 11 is 0. The van der Waals surface area contributed by atoms with Gasteiger partial charge < -0.3 is 15.2 Å². The monoisotopic (exact) mass is 327 g/mol. The van der Waals surface area contributed by atoms with E-state index in [4.69, 9.17) is 9.84 Å². The first-order valence-corrected chi connectivity index (χ1v) is 7.72. The summed E-state index contributed by atoms with van der Waals surface area (Å²) in [5.74, 6) is -0.985. The average Bonchev–Trinajstić information content (AvgIpc) is 2.55. The van der Waals surface area contributed by atoms with Crippen LogP contribution < -0.4 is 5.32 Å². The van der Waals surface area contributed by atoms with Crippen LogP contribution in [-0.2, 0) is 16.1 Å². The predicted octanol–water partition coefficient (Wildman–Crippen LogP) is 3.75. The Bertz CT molecular complexity index is 713. The van der Waals surface area contributed by atoms with E-state index in [0.29, 0.717) is 0 Å². The van der Waals surface area contributed by atoms with Crippen molar-refractivity contribution in [1.82, 2.24) is 5.32 Å². The number of aryl methyl sites for hydroxylation is 2. The number of rotatable bonds is 6. The molecule has 0 bridgehead atoms. The fourth-order valence-electron chi connectivity index (χ4n) is 2.32. The van der Waals surface area contributed by atoms with Crippen LogP contribution >= 0.6 is 0 Å². The van der Waals surface area contributed by atoms with Crippen LogP contribution in [0.1, 0.15) is 34.7 Å². The molecule has 5 nitrogen and oxygen atoms in total. The number of aliphatic carboxylic acids is 1. The number of carbonyl (C=O) groups excluding carboxylic acids is 1. The maximum absolute atomic E-state index is 12.0. The molecular formula is C19H21NO4. The summed E-state index contributed by atoms with van der Waals surface area (Å²) in [7, 11) is 0. The third kappa shape index (κ3) is 5.12. The first kappa shape index (κ1) is 17.5. The minimum absolute atomic E-state index is 0.138. The van der Waals surface area contributed by atoms with E-state index in [2.05, 4.69) is 5.32 Å². The minimum atomic E-state index is -0.985. The van der Waals surface area contributed by atoms with Gasteiger partial charge in [-0.1, -0.05) is 48.5 Å². The third-order valence-electron chi connectivity index (χ3n) is 3.82. The smallest absolute Gasteiger partial charge is 0.407 e. The van der Waals surface area contributed by atoms with Gasteiger partial charge in [-0.15, -0.1) is 0 Å². The first-order valence-electron chi connectivity index (χ1n) is 7.72. The maximum Gasteiger partial charge on any atom is 0.407 e. The van der Waals surface area contributed by atoms with Gasteiger partial charge in [-0.05, 0) is 36.1 Å². The zero-order valence-electron chi connectivity index (χ0n) is 13.8. The van der Waals surface area contributed by atoms with Crippen LogP contribution in [0.5, 0.6) is 0 Å². The number of ether oxygens (including phenoxy) is 1. The molecule has 0 saturated heterocycles. The number of amides is 1. The Morgan fingerprint density at radius 3 is 2.42 bits per heavy atom. The molecule has 0 saturated carbocycles. The van der Waals surface area contributed by atoms with E-state index in [1.54, 1.807) is 0 Å². The number of hydrogen-bond donors (Lipinski definition) is 2. The van der Waals surface area contributed by atoms with E-state index in [9.17, 15) is 9.59 Å². The molecule has 1 atom stereocenters. The SMILES string of the molecule is Cc1ccc([C@@H](CC(=O)O)NC(=O)OCc2ccccc2)cc1C.